The maximum atomic E-state index is 14.5. The molecule has 2 aromatic heterocycles. The number of benzene rings is 2. The molecule has 3 fully saturated rings. The highest BCUT2D eigenvalue weighted by Gasteiger charge is 2.57. The first-order valence-corrected chi connectivity index (χ1v) is 19.0. The zero-order valence-corrected chi connectivity index (χ0v) is 32.1. The number of anilines is 2. The average molecular weight is 781 g/mol. The van der Waals surface area contributed by atoms with Crippen LogP contribution in [0.15, 0.2) is 66.9 Å². The summed E-state index contributed by atoms with van der Waals surface area (Å²) in [6.45, 7) is 3.03. The molecule has 0 spiro atoms. The highest BCUT2D eigenvalue weighted by Crippen LogP contribution is 2.48. The Morgan fingerprint density at radius 1 is 1.00 bits per heavy atom. The Morgan fingerprint density at radius 2 is 1.71 bits per heavy atom. The maximum absolute atomic E-state index is 14.5. The fourth-order valence-corrected chi connectivity index (χ4v) is 8.29. The van der Waals surface area contributed by atoms with Crippen LogP contribution in [0.25, 0.3) is 0 Å². The van der Waals surface area contributed by atoms with Crippen molar-refractivity contribution in [3.05, 3.63) is 105 Å². The number of aromatic nitrogens is 3. The molecule has 55 heavy (non-hydrogen) atoms. The Labute approximate surface area is 328 Å². The summed E-state index contributed by atoms with van der Waals surface area (Å²) >= 11 is 12.7. The third-order valence-corrected chi connectivity index (χ3v) is 11.8. The lowest BCUT2D eigenvalue weighted by Gasteiger charge is -2.27. The average Bonchev–Trinajstić information content (AvgIpc) is 3.98. The number of rotatable bonds is 10. The van der Waals surface area contributed by atoms with E-state index in [4.69, 9.17) is 28.2 Å². The van der Waals surface area contributed by atoms with Crippen molar-refractivity contribution in [2.45, 2.75) is 68.1 Å². The molecule has 1 unspecified atom stereocenters. The molecule has 15 heteroatoms. The predicted octanol–water partition coefficient (Wildman–Crippen LogP) is 4.94. The van der Waals surface area contributed by atoms with E-state index < -0.39 is 22.5 Å². The molecule has 4 aromatic rings. The third kappa shape index (κ3) is 6.52. The van der Waals surface area contributed by atoms with Crippen molar-refractivity contribution in [1.82, 2.24) is 35.0 Å². The Balaban J connectivity index is 1.04. The molecular formula is C40H39Cl2N9O4. The number of halogens is 2. The molecule has 13 nitrogen and oxygen atoms in total. The number of likely N-dealkylation sites (N-methyl/N-ethyl adjacent to an activating group) is 1. The van der Waals surface area contributed by atoms with E-state index in [1.54, 1.807) is 66.1 Å². The summed E-state index contributed by atoms with van der Waals surface area (Å²) in [6.07, 6.45) is 4.61. The largest absolute Gasteiger partial charge is 0.343 e. The number of imidazole rings is 1. The van der Waals surface area contributed by atoms with Gasteiger partial charge in [0.2, 0.25) is 11.9 Å². The summed E-state index contributed by atoms with van der Waals surface area (Å²) in [5, 5.41) is 16.1. The van der Waals surface area contributed by atoms with Crippen LogP contribution in [0.4, 0.5) is 11.6 Å². The molecule has 2 N–H and O–H groups in total. The molecule has 2 saturated carbocycles. The van der Waals surface area contributed by atoms with Crippen LogP contribution in [0, 0.1) is 11.3 Å². The number of nitrogens with zero attached hydrogens (tertiary/aromatic N) is 7. The summed E-state index contributed by atoms with van der Waals surface area (Å²) in [7, 11) is 4.02. The molecule has 2 atom stereocenters. The molecule has 2 aromatic carbocycles. The van der Waals surface area contributed by atoms with Crippen molar-refractivity contribution < 1.29 is 19.2 Å². The Morgan fingerprint density at radius 3 is 2.33 bits per heavy atom. The van der Waals surface area contributed by atoms with Gasteiger partial charge in [-0.2, -0.15) is 5.26 Å². The fraction of sp³-hybridized carbons (Fsp3) is 0.375. The lowest BCUT2D eigenvalue weighted by molar-refractivity contribution is -0.125. The highest BCUT2D eigenvalue weighted by molar-refractivity contribution is 6.35. The van der Waals surface area contributed by atoms with Gasteiger partial charge in [-0.15, -0.1) is 0 Å². The number of hydrogen-bond acceptors (Lipinski definition) is 8. The molecule has 0 radical (unpaired) electrons. The van der Waals surface area contributed by atoms with E-state index in [2.05, 4.69) is 26.6 Å². The zero-order chi connectivity index (χ0) is 38.9. The SMILES string of the molecule is CN(C)C1CCN(C(=O)c2cccc(C3(NC(=O)C4(NC(=O)c5cnc6n5[C@](C)(Cc5ccc(C#N)cc5)C(=O)N6c5cc(Cl)cc(Cl)c5)CC4)CC3)n2)C1. The first kappa shape index (κ1) is 36.7. The lowest BCUT2D eigenvalue weighted by atomic mass is 9.91. The van der Waals surface area contributed by atoms with Crippen molar-refractivity contribution in [3.8, 4) is 6.07 Å². The van der Waals surface area contributed by atoms with E-state index in [0.29, 0.717) is 77.5 Å². The van der Waals surface area contributed by atoms with Gasteiger partial charge in [-0.25, -0.2) is 14.9 Å². The minimum Gasteiger partial charge on any atom is -0.343 e. The van der Waals surface area contributed by atoms with Gasteiger partial charge in [0.05, 0.1) is 34.7 Å². The zero-order valence-electron chi connectivity index (χ0n) is 30.6. The van der Waals surface area contributed by atoms with E-state index in [1.807, 2.05) is 25.1 Å². The Hall–Kier alpha value is -5.29. The Kier molecular flexibility index (Phi) is 8.99. The molecule has 4 heterocycles. The van der Waals surface area contributed by atoms with Crippen LogP contribution < -0.4 is 15.5 Å². The molecule has 2 aliphatic heterocycles. The molecule has 4 aliphatic rings. The van der Waals surface area contributed by atoms with Crippen LogP contribution in [0.2, 0.25) is 10.0 Å². The minimum atomic E-state index is -1.34. The molecule has 4 amide bonds. The number of hydrogen-bond donors (Lipinski definition) is 2. The first-order valence-electron chi connectivity index (χ1n) is 18.2. The fourth-order valence-electron chi connectivity index (χ4n) is 7.78. The van der Waals surface area contributed by atoms with Crippen LogP contribution in [0.1, 0.15) is 76.8 Å². The molecule has 0 bridgehead atoms. The van der Waals surface area contributed by atoms with Gasteiger partial charge in [0.25, 0.3) is 17.7 Å². The quantitative estimate of drug-likeness (QED) is 0.230. The number of pyridine rings is 1. The van der Waals surface area contributed by atoms with Crippen LogP contribution in [-0.2, 0) is 27.1 Å². The van der Waals surface area contributed by atoms with Crippen molar-refractivity contribution in [1.29, 1.82) is 5.26 Å². The van der Waals surface area contributed by atoms with Gasteiger partial charge in [0.15, 0.2) is 0 Å². The topological polar surface area (TPSA) is 157 Å². The van der Waals surface area contributed by atoms with Gasteiger partial charge in [-0.05, 0) is 101 Å². The molecule has 2 aliphatic carbocycles. The smallest absolute Gasteiger partial charge is 0.272 e. The van der Waals surface area contributed by atoms with Gasteiger partial charge in [0.1, 0.15) is 22.5 Å². The van der Waals surface area contributed by atoms with E-state index in [1.165, 1.54) is 11.1 Å². The lowest BCUT2D eigenvalue weighted by Crippen LogP contribution is -2.52. The number of carbonyl (C=O) groups is 4. The Bertz CT molecular complexity index is 2270. The van der Waals surface area contributed by atoms with Gasteiger partial charge >= 0.3 is 0 Å². The van der Waals surface area contributed by atoms with E-state index in [-0.39, 0.29) is 35.8 Å². The van der Waals surface area contributed by atoms with E-state index in [0.717, 1.165) is 12.0 Å². The maximum Gasteiger partial charge on any atom is 0.272 e. The third-order valence-electron chi connectivity index (χ3n) is 11.3. The number of nitrogens with one attached hydrogen (secondary N) is 2. The van der Waals surface area contributed by atoms with Crippen molar-refractivity contribution in [3.63, 3.8) is 0 Å². The number of likely N-dealkylation sites (tertiary alicyclic amines) is 1. The summed E-state index contributed by atoms with van der Waals surface area (Å²) in [6, 6.07) is 19.4. The van der Waals surface area contributed by atoms with Crippen molar-refractivity contribution in [2.24, 2.45) is 0 Å². The van der Waals surface area contributed by atoms with Crippen LogP contribution >= 0.6 is 23.2 Å². The normalized spacial score (nSPS) is 21.6. The number of amides is 4. The highest BCUT2D eigenvalue weighted by atomic mass is 35.5. The predicted molar refractivity (Wildman–Crippen MR) is 205 cm³/mol. The first-order chi connectivity index (χ1) is 26.3. The molecule has 1 saturated heterocycles. The molecular weight excluding hydrogens is 741 g/mol. The van der Waals surface area contributed by atoms with Gasteiger partial charge in [0, 0.05) is 35.6 Å². The summed E-state index contributed by atoms with van der Waals surface area (Å²) < 4.78 is 1.60. The minimum absolute atomic E-state index is 0.0987. The second-order valence-corrected chi connectivity index (χ2v) is 16.3. The number of nitriles is 1. The second-order valence-electron chi connectivity index (χ2n) is 15.4. The van der Waals surface area contributed by atoms with Crippen LogP contribution in [-0.4, -0.2) is 86.7 Å². The summed E-state index contributed by atoms with van der Waals surface area (Å²) in [5.74, 6) is -1.19. The van der Waals surface area contributed by atoms with E-state index in [9.17, 15) is 24.4 Å². The molecule has 8 rings (SSSR count). The van der Waals surface area contributed by atoms with Gasteiger partial charge in [-0.3, -0.25) is 23.7 Å². The van der Waals surface area contributed by atoms with Gasteiger partial charge < -0.3 is 20.4 Å². The van der Waals surface area contributed by atoms with Crippen LogP contribution in [0.3, 0.4) is 0 Å². The van der Waals surface area contributed by atoms with Gasteiger partial charge in [-0.1, -0.05) is 41.4 Å². The number of carbonyl (C=O) groups excluding carboxylic acids is 4. The number of fused-ring (bicyclic) bond motifs is 1. The van der Waals surface area contributed by atoms with Crippen molar-refractivity contribution in [2.75, 3.05) is 32.1 Å². The molecule has 282 valence electrons. The van der Waals surface area contributed by atoms with Crippen LogP contribution in [0.5, 0.6) is 0 Å². The van der Waals surface area contributed by atoms with E-state index >= 15 is 0 Å². The standard InChI is InChI=1S/C40H39Cl2N9O4/c1-38(20-24-7-9-25(21-43)10-8-24)36(55)50(29-18-26(41)17-27(42)19-29)37-44-22-31(51(37)38)33(52)46-40(14-15-40)35(54)47-39(12-13-39)32-6-4-5-30(45-32)34(53)49-16-11-28(23-49)48(2)3/h4-10,17-19,22,28H,11-16,20,23H2,1-3H3,(H,46,52)(H,47,54)/t28?,38-/m1/s1. The monoisotopic (exact) mass is 779 g/mol. The summed E-state index contributed by atoms with van der Waals surface area (Å²) in [5.41, 5.74) is -0.577. The van der Waals surface area contributed by atoms with Crippen molar-refractivity contribution >= 4 is 58.5 Å². The second kappa shape index (κ2) is 13.5. The summed E-state index contributed by atoms with van der Waals surface area (Å²) in [4.78, 5) is 70.8.